The molecule has 0 saturated carbocycles. The summed E-state index contributed by atoms with van der Waals surface area (Å²) in [7, 11) is 0. The molecule has 1 aliphatic heterocycles. The van der Waals surface area contributed by atoms with Gasteiger partial charge in [0, 0.05) is 12.8 Å². The lowest BCUT2D eigenvalue weighted by Crippen LogP contribution is -2.38. The zero-order valence-corrected chi connectivity index (χ0v) is 25.2. The third-order valence-corrected chi connectivity index (χ3v) is 7.68. The molecule has 0 amide bonds. The number of aromatic amines is 1. The van der Waals surface area contributed by atoms with E-state index in [0.717, 1.165) is 38.5 Å². The fourth-order valence-electron chi connectivity index (χ4n) is 5.27. The van der Waals surface area contributed by atoms with Crippen molar-refractivity contribution in [3.63, 3.8) is 0 Å². The number of nitrogen functional groups attached to an aromatic ring is 1. The molecule has 42 heavy (non-hydrogen) atoms. The van der Waals surface area contributed by atoms with E-state index in [1.54, 1.807) is 0 Å². The number of hydrogen-bond donors (Lipinski definition) is 3. The van der Waals surface area contributed by atoms with Gasteiger partial charge in [-0.1, -0.05) is 90.9 Å². The van der Waals surface area contributed by atoms with Crippen LogP contribution in [-0.2, 0) is 23.8 Å². The standard InChI is InChI=1S/C30H49N5O7/c1-3-5-7-9-11-13-15-17-22(36)40-19-21-26(42-23(37)18-16-14-12-10-8-6-4-2)25(38)29(41-21)35-20-32-24-27(35)33-30(31)34-28(24)39/h20-21,25-26,29,38H,3-19H2,1-2H3,(H3,31,33,34,39)/t21-,25-,26-,29-/m1/s1. The van der Waals surface area contributed by atoms with Gasteiger partial charge < -0.3 is 25.1 Å². The Hall–Kier alpha value is -2.99. The molecule has 12 nitrogen and oxygen atoms in total. The third-order valence-electron chi connectivity index (χ3n) is 7.68. The first-order valence-electron chi connectivity index (χ1n) is 15.8. The van der Waals surface area contributed by atoms with Crippen molar-refractivity contribution >= 4 is 29.1 Å². The van der Waals surface area contributed by atoms with Crippen LogP contribution in [0.1, 0.15) is 123 Å². The largest absolute Gasteiger partial charge is 0.463 e. The highest BCUT2D eigenvalue weighted by molar-refractivity contribution is 5.71. The molecule has 3 heterocycles. The second kappa shape index (κ2) is 17.8. The first-order valence-corrected chi connectivity index (χ1v) is 15.8. The molecule has 12 heteroatoms. The number of anilines is 1. The van der Waals surface area contributed by atoms with Crippen LogP contribution in [0.25, 0.3) is 11.2 Å². The van der Waals surface area contributed by atoms with Gasteiger partial charge in [0.1, 0.15) is 18.8 Å². The van der Waals surface area contributed by atoms with Crippen molar-refractivity contribution in [2.45, 2.75) is 141 Å². The molecule has 0 unspecified atom stereocenters. The number of aliphatic hydroxyl groups is 1. The zero-order valence-electron chi connectivity index (χ0n) is 25.2. The van der Waals surface area contributed by atoms with Crippen LogP contribution in [0, 0.1) is 0 Å². The lowest BCUT2D eigenvalue weighted by Gasteiger charge is -2.21. The minimum atomic E-state index is -1.32. The number of H-pyrrole nitrogens is 1. The predicted molar refractivity (Wildman–Crippen MR) is 159 cm³/mol. The Morgan fingerprint density at radius 1 is 0.952 bits per heavy atom. The molecule has 0 aliphatic carbocycles. The van der Waals surface area contributed by atoms with Gasteiger partial charge in [-0.05, 0) is 12.8 Å². The molecule has 4 atom stereocenters. The average Bonchev–Trinajstić information content (AvgIpc) is 3.51. The van der Waals surface area contributed by atoms with Gasteiger partial charge in [-0.3, -0.25) is 23.9 Å². The Balaban J connectivity index is 1.59. The number of unbranched alkanes of at least 4 members (excludes halogenated alkanes) is 12. The SMILES string of the molecule is CCCCCCCCCC(=O)OC[C@H]1O[C@@H](n2cnc3c(=O)[nH]c(N)nc32)[C@H](O)[C@@H]1OC(=O)CCCCCCCCC. The number of carbonyl (C=O) groups is 2. The van der Waals surface area contributed by atoms with E-state index < -0.39 is 36.1 Å². The van der Waals surface area contributed by atoms with Crippen molar-refractivity contribution in [2.75, 3.05) is 12.3 Å². The highest BCUT2D eigenvalue weighted by Gasteiger charge is 2.48. The Morgan fingerprint density at radius 3 is 2.14 bits per heavy atom. The Labute approximate surface area is 247 Å². The second-order valence-electron chi connectivity index (χ2n) is 11.2. The maximum atomic E-state index is 12.7. The summed E-state index contributed by atoms with van der Waals surface area (Å²) < 4.78 is 18.6. The van der Waals surface area contributed by atoms with Crippen LogP contribution in [0.3, 0.4) is 0 Å². The molecule has 4 N–H and O–H groups in total. The quantitative estimate of drug-likeness (QED) is 0.145. The Morgan fingerprint density at radius 2 is 1.52 bits per heavy atom. The fourth-order valence-corrected chi connectivity index (χ4v) is 5.27. The number of aromatic nitrogens is 4. The number of esters is 2. The van der Waals surface area contributed by atoms with Gasteiger partial charge in [0.2, 0.25) is 5.95 Å². The topological polar surface area (TPSA) is 172 Å². The minimum Gasteiger partial charge on any atom is -0.463 e. The average molecular weight is 592 g/mol. The number of aliphatic hydroxyl groups excluding tert-OH is 1. The number of imidazole rings is 1. The number of nitrogens with two attached hydrogens (primary N) is 1. The van der Waals surface area contributed by atoms with Crippen LogP contribution in [0.5, 0.6) is 0 Å². The molecule has 0 spiro atoms. The van der Waals surface area contributed by atoms with Gasteiger partial charge in [-0.15, -0.1) is 0 Å². The van der Waals surface area contributed by atoms with E-state index in [1.807, 2.05) is 0 Å². The molecule has 236 valence electrons. The monoisotopic (exact) mass is 591 g/mol. The van der Waals surface area contributed by atoms with Gasteiger partial charge >= 0.3 is 11.9 Å². The molecule has 0 aromatic carbocycles. The summed E-state index contributed by atoms with van der Waals surface area (Å²) in [4.78, 5) is 48.0. The third kappa shape index (κ3) is 10.1. The number of nitrogens with zero attached hydrogens (tertiary/aromatic N) is 3. The summed E-state index contributed by atoms with van der Waals surface area (Å²) in [5.74, 6) is -0.937. The molecule has 1 fully saturated rings. The van der Waals surface area contributed by atoms with Crippen LogP contribution in [-0.4, -0.2) is 61.5 Å². The summed E-state index contributed by atoms with van der Waals surface area (Å²) >= 11 is 0. The zero-order chi connectivity index (χ0) is 30.3. The second-order valence-corrected chi connectivity index (χ2v) is 11.2. The van der Waals surface area contributed by atoms with Crippen LogP contribution in [0.2, 0.25) is 0 Å². The van der Waals surface area contributed by atoms with Crippen LogP contribution in [0.15, 0.2) is 11.1 Å². The molecule has 3 rings (SSSR count). The Bertz CT molecular complexity index is 1170. The molecule has 2 aromatic heterocycles. The smallest absolute Gasteiger partial charge is 0.306 e. The summed E-state index contributed by atoms with van der Waals surface area (Å²) in [6, 6.07) is 0. The van der Waals surface area contributed by atoms with Crippen LogP contribution in [0.4, 0.5) is 5.95 Å². The maximum absolute atomic E-state index is 12.7. The van der Waals surface area contributed by atoms with E-state index in [0.29, 0.717) is 6.42 Å². The highest BCUT2D eigenvalue weighted by Crippen LogP contribution is 2.33. The van der Waals surface area contributed by atoms with Crippen molar-refractivity contribution in [1.29, 1.82) is 0 Å². The maximum Gasteiger partial charge on any atom is 0.306 e. The lowest BCUT2D eigenvalue weighted by atomic mass is 10.1. The van der Waals surface area contributed by atoms with Crippen LogP contribution >= 0.6 is 0 Å². The highest BCUT2D eigenvalue weighted by atomic mass is 16.6. The van der Waals surface area contributed by atoms with E-state index in [9.17, 15) is 19.5 Å². The molecule has 0 bridgehead atoms. The number of nitrogens with one attached hydrogen (secondary N) is 1. The van der Waals surface area contributed by atoms with Gasteiger partial charge in [0.15, 0.2) is 23.5 Å². The first kappa shape index (κ1) is 33.5. The van der Waals surface area contributed by atoms with E-state index >= 15 is 0 Å². The molecule has 1 aliphatic rings. The molecule has 1 saturated heterocycles. The number of rotatable bonds is 20. The first-order chi connectivity index (χ1) is 20.3. The molecule has 0 radical (unpaired) electrons. The van der Waals surface area contributed by atoms with Crippen molar-refractivity contribution in [1.82, 2.24) is 19.5 Å². The molecular formula is C30H49N5O7. The van der Waals surface area contributed by atoms with Crippen molar-refractivity contribution < 1.29 is 28.9 Å². The molecular weight excluding hydrogens is 542 g/mol. The summed E-state index contributed by atoms with van der Waals surface area (Å²) in [5, 5.41) is 11.2. The van der Waals surface area contributed by atoms with Gasteiger partial charge in [0.25, 0.3) is 5.56 Å². The number of ether oxygens (including phenoxy) is 3. The molecule has 2 aromatic rings. The summed E-state index contributed by atoms with van der Waals surface area (Å²) in [6.45, 7) is 4.16. The summed E-state index contributed by atoms with van der Waals surface area (Å²) in [6.07, 6.45) is 12.4. The normalized spacial score (nSPS) is 20.3. The van der Waals surface area contributed by atoms with E-state index in [1.165, 1.54) is 55.8 Å². The lowest BCUT2D eigenvalue weighted by molar-refractivity contribution is -0.160. The predicted octanol–water partition coefficient (Wildman–Crippen LogP) is 4.70. The van der Waals surface area contributed by atoms with Crippen molar-refractivity contribution in [3.8, 4) is 0 Å². The van der Waals surface area contributed by atoms with Gasteiger partial charge in [-0.2, -0.15) is 4.98 Å². The van der Waals surface area contributed by atoms with E-state index in [4.69, 9.17) is 19.9 Å². The summed E-state index contributed by atoms with van der Waals surface area (Å²) in [5.41, 5.74) is 5.33. The Kier molecular flexibility index (Phi) is 14.2. The number of hydrogen-bond acceptors (Lipinski definition) is 10. The van der Waals surface area contributed by atoms with E-state index in [2.05, 4.69) is 28.8 Å². The fraction of sp³-hybridized carbons (Fsp3) is 0.767. The van der Waals surface area contributed by atoms with Crippen molar-refractivity contribution in [3.05, 3.63) is 16.7 Å². The van der Waals surface area contributed by atoms with Crippen LogP contribution < -0.4 is 11.3 Å². The van der Waals surface area contributed by atoms with Crippen molar-refractivity contribution in [2.24, 2.45) is 0 Å². The van der Waals surface area contributed by atoms with Gasteiger partial charge in [-0.25, -0.2) is 4.98 Å². The number of carbonyl (C=O) groups excluding carboxylic acids is 2. The van der Waals surface area contributed by atoms with Gasteiger partial charge in [0.05, 0.1) is 6.33 Å². The minimum absolute atomic E-state index is 0.0250. The van der Waals surface area contributed by atoms with E-state index in [-0.39, 0.29) is 42.5 Å². The number of fused-ring (bicyclic) bond motifs is 1.